The lowest BCUT2D eigenvalue weighted by Crippen LogP contribution is -2.30. The summed E-state index contributed by atoms with van der Waals surface area (Å²) in [6.45, 7) is 3.12. The van der Waals surface area contributed by atoms with E-state index >= 15 is 0 Å². The SMILES string of the molecule is CCCn1ccnc1CC(NN)c1ccco1. The Morgan fingerprint density at radius 1 is 1.59 bits per heavy atom. The lowest BCUT2D eigenvalue weighted by Gasteiger charge is -2.14. The van der Waals surface area contributed by atoms with Crippen LogP contribution in [0.5, 0.6) is 0 Å². The molecule has 0 spiro atoms. The Morgan fingerprint density at radius 2 is 2.47 bits per heavy atom. The third-order valence-corrected chi connectivity index (χ3v) is 2.74. The van der Waals surface area contributed by atoms with Crippen LogP contribution in [-0.2, 0) is 13.0 Å². The third kappa shape index (κ3) is 2.75. The van der Waals surface area contributed by atoms with Gasteiger partial charge in [-0.15, -0.1) is 0 Å². The van der Waals surface area contributed by atoms with E-state index in [4.69, 9.17) is 10.3 Å². The lowest BCUT2D eigenvalue weighted by molar-refractivity contribution is 0.406. The quantitative estimate of drug-likeness (QED) is 0.589. The first kappa shape index (κ1) is 11.9. The molecule has 1 unspecified atom stereocenters. The minimum Gasteiger partial charge on any atom is -0.468 e. The minimum atomic E-state index is -0.0389. The van der Waals surface area contributed by atoms with Crippen molar-refractivity contribution in [1.29, 1.82) is 0 Å². The summed E-state index contributed by atoms with van der Waals surface area (Å²) in [5.74, 6) is 7.41. The van der Waals surface area contributed by atoms with E-state index in [9.17, 15) is 0 Å². The second-order valence-corrected chi connectivity index (χ2v) is 3.98. The first-order chi connectivity index (χ1) is 8.35. The van der Waals surface area contributed by atoms with Crippen LogP contribution in [0.25, 0.3) is 0 Å². The van der Waals surface area contributed by atoms with Gasteiger partial charge in [0.1, 0.15) is 11.6 Å². The summed E-state index contributed by atoms with van der Waals surface area (Å²) < 4.78 is 7.50. The van der Waals surface area contributed by atoms with Crippen molar-refractivity contribution in [3.63, 3.8) is 0 Å². The molecule has 0 bridgehead atoms. The number of hydrogen-bond donors (Lipinski definition) is 2. The number of aromatic nitrogens is 2. The Balaban J connectivity index is 2.10. The molecule has 0 aromatic carbocycles. The van der Waals surface area contributed by atoms with Gasteiger partial charge in [0, 0.05) is 25.4 Å². The number of furan rings is 1. The second kappa shape index (κ2) is 5.65. The topological polar surface area (TPSA) is 69.0 Å². The monoisotopic (exact) mass is 234 g/mol. The van der Waals surface area contributed by atoms with Gasteiger partial charge in [-0.25, -0.2) is 10.4 Å². The average molecular weight is 234 g/mol. The van der Waals surface area contributed by atoms with Gasteiger partial charge in [-0.1, -0.05) is 6.92 Å². The van der Waals surface area contributed by atoms with Gasteiger partial charge in [-0.3, -0.25) is 5.84 Å². The van der Waals surface area contributed by atoms with Crippen molar-refractivity contribution in [2.24, 2.45) is 5.84 Å². The summed E-state index contributed by atoms with van der Waals surface area (Å²) >= 11 is 0. The molecule has 0 aliphatic heterocycles. The van der Waals surface area contributed by atoms with Gasteiger partial charge >= 0.3 is 0 Å². The molecule has 0 radical (unpaired) electrons. The molecule has 3 N–H and O–H groups in total. The van der Waals surface area contributed by atoms with Crippen molar-refractivity contribution in [2.75, 3.05) is 0 Å². The fourth-order valence-electron chi connectivity index (χ4n) is 1.89. The van der Waals surface area contributed by atoms with Gasteiger partial charge in [0.15, 0.2) is 0 Å². The molecule has 2 aromatic rings. The van der Waals surface area contributed by atoms with Crippen LogP contribution < -0.4 is 11.3 Å². The van der Waals surface area contributed by atoms with E-state index in [1.165, 1.54) is 0 Å². The Morgan fingerprint density at radius 3 is 3.12 bits per heavy atom. The molecule has 17 heavy (non-hydrogen) atoms. The van der Waals surface area contributed by atoms with Crippen molar-refractivity contribution in [3.05, 3.63) is 42.4 Å². The summed E-state index contributed by atoms with van der Waals surface area (Å²) in [6.07, 6.45) is 7.27. The van der Waals surface area contributed by atoms with E-state index in [1.54, 1.807) is 6.26 Å². The molecule has 0 saturated carbocycles. The Bertz CT molecular complexity index is 435. The van der Waals surface area contributed by atoms with Crippen LogP contribution in [0, 0.1) is 0 Å². The molecule has 2 heterocycles. The van der Waals surface area contributed by atoms with Crippen LogP contribution in [0.15, 0.2) is 35.2 Å². The van der Waals surface area contributed by atoms with Gasteiger partial charge in [-0.2, -0.15) is 0 Å². The van der Waals surface area contributed by atoms with Gasteiger partial charge in [0.2, 0.25) is 0 Å². The maximum absolute atomic E-state index is 5.56. The highest BCUT2D eigenvalue weighted by Gasteiger charge is 2.15. The van der Waals surface area contributed by atoms with E-state index in [2.05, 4.69) is 21.9 Å². The van der Waals surface area contributed by atoms with Crippen molar-refractivity contribution < 1.29 is 4.42 Å². The predicted octanol–water partition coefficient (Wildman–Crippen LogP) is 1.63. The molecule has 5 nitrogen and oxygen atoms in total. The number of imidazole rings is 1. The normalized spacial score (nSPS) is 12.8. The third-order valence-electron chi connectivity index (χ3n) is 2.74. The summed E-state index contributed by atoms with van der Waals surface area (Å²) in [5.41, 5.74) is 2.76. The molecule has 2 aromatic heterocycles. The average Bonchev–Trinajstić information content (AvgIpc) is 2.97. The van der Waals surface area contributed by atoms with E-state index in [0.29, 0.717) is 0 Å². The minimum absolute atomic E-state index is 0.0389. The van der Waals surface area contributed by atoms with Crippen molar-refractivity contribution in [1.82, 2.24) is 15.0 Å². The predicted molar refractivity (Wildman–Crippen MR) is 65.0 cm³/mol. The number of aryl methyl sites for hydroxylation is 1. The first-order valence-corrected chi connectivity index (χ1v) is 5.84. The Labute approximate surface area is 101 Å². The standard InChI is InChI=1S/C12H18N4O/c1-2-6-16-7-5-14-12(16)9-10(15-13)11-4-3-8-17-11/h3-5,7-8,10,15H,2,6,9,13H2,1H3. The molecule has 0 fully saturated rings. The second-order valence-electron chi connectivity index (χ2n) is 3.98. The zero-order valence-corrected chi connectivity index (χ0v) is 9.97. The van der Waals surface area contributed by atoms with E-state index in [-0.39, 0.29) is 6.04 Å². The number of hydrazine groups is 1. The van der Waals surface area contributed by atoms with E-state index in [1.807, 2.05) is 24.5 Å². The fraction of sp³-hybridized carbons (Fsp3) is 0.417. The Hall–Kier alpha value is -1.59. The molecule has 5 heteroatoms. The summed E-state index contributed by atoms with van der Waals surface area (Å²) in [4.78, 5) is 4.36. The molecular weight excluding hydrogens is 216 g/mol. The van der Waals surface area contributed by atoms with Gasteiger partial charge < -0.3 is 8.98 Å². The summed E-state index contributed by atoms with van der Waals surface area (Å²) in [5, 5.41) is 0. The number of nitrogens with two attached hydrogens (primary N) is 1. The molecule has 0 saturated heterocycles. The zero-order valence-electron chi connectivity index (χ0n) is 9.97. The molecule has 0 aliphatic carbocycles. The van der Waals surface area contributed by atoms with Gasteiger partial charge in [-0.05, 0) is 18.6 Å². The number of nitrogens with zero attached hydrogens (tertiary/aromatic N) is 2. The van der Waals surface area contributed by atoms with Crippen molar-refractivity contribution >= 4 is 0 Å². The van der Waals surface area contributed by atoms with Gasteiger partial charge in [0.05, 0.1) is 12.3 Å². The summed E-state index contributed by atoms with van der Waals surface area (Å²) in [6, 6.07) is 3.73. The highest BCUT2D eigenvalue weighted by atomic mass is 16.3. The largest absolute Gasteiger partial charge is 0.468 e. The molecule has 92 valence electrons. The van der Waals surface area contributed by atoms with Crippen LogP contribution in [-0.4, -0.2) is 9.55 Å². The molecule has 2 rings (SSSR count). The number of nitrogens with one attached hydrogen (secondary N) is 1. The van der Waals surface area contributed by atoms with Crippen LogP contribution >= 0.6 is 0 Å². The first-order valence-electron chi connectivity index (χ1n) is 5.84. The van der Waals surface area contributed by atoms with Crippen LogP contribution in [0.4, 0.5) is 0 Å². The molecule has 0 aliphatic rings. The molecule has 1 atom stereocenters. The highest BCUT2D eigenvalue weighted by Crippen LogP contribution is 2.17. The van der Waals surface area contributed by atoms with Gasteiger partial charge in [0.25, 0.3) is 0 Å². The molecule has 0 amide bonds. The summed E-state index contributed by atoms with van der Waals surface area (Å²) in [7, 11) is 0. The van der Waals surface area contributed by atoms with Crippen LogP contribution in [0.2, 0.25) is 0 Å². The van der Waals surface area contributed by atoms with Crippen molar-refractivity contribution in [3.8, 4) is 0 Å². The fourth-order valence-corrected chi connectivity index (χ4v) is 1.89. The van der Waals surface area contributed by atoms with E-state index < -0.39 is 0 Å². The zero-order chi connectivity index (χ0) is 12.1. The number of rotatable bonds is 6. The maximum atomic E-state index is 5.56. The smallest absolute Gasteiger partial charge is 0.122 e. The van der Waals surface area contributed by atoms with Crippen molar-refractivity contribution in [2.45, 2.75) is 32.4 Å². The van der Waals surface area contributed by atoms with Crippen LogP contribution in [0.1, 0.15) is 31.0 Å². The molecular formula is C12H18N4O. The van der Waals surface area contributed by atoms with Crippen LogP contribution in [0.3, 0.4) is 0 Å². The highest BCUT2D eigenvalue weighted by molar-refractivity contribution is 5.07. The van der Waals surface area contributed by atoms with E-state index in [0.717, 1.165) is 31.0 Å². The Kier molecular flexibility index (Phi) is 3.95. The maximum Gasteiger partial charge on any atom is 0.122 e. The number of hydrogen-bond acceptors (Lipinski definition) is 4. The lowest BCUT2D eigenvalue weighted by atomic mass is 10.1.